The molecular weight excluding hydrogens is 801 g/mol. The van der Waals surface area contributed by atoms with Gasteiger partial charge in [0.25, 0.3) is 0 Å². The number of carbonyl (C=O) groups is 1. The van der Waals surface area contributed by atoms with Crippen molar-refractivity contribution in [3.8, 4) is 17.2 Å². The van der Waals surface area contributed by atoms with Gasteiger partial charge in [0.15, 0.2) is 5.78 Å². The summed E-state index contributed by atoms with van der Waals surface area (Å²) >= 11 is 0. The predicted octanol–water partition coefficient (Wildman–Crippen LogP) is 6.21. The molecule has 0 bridgehead atoms. The van der Waals surface area contributed by atoms with E-state index >= 15 is 0 Å². The van der Waals surface area contributed by atoms with E-state index in [1.54, 1.807) is 12.1 Å². The fraction of sp³-hybridized carbons (Fsp3) is 0.673. The van der Waals surface area contributed by atoms with Gasteiger partial charge in [-0.05, 0) is 201 Å². The summed E-state index contributed by atoms with van der Waals surface area (Å²) in [5.41, 5.74) is 2.98. The summed E-state index contributed by atoms with van der Waals surface area (Å²) in [7, 11) is 8.93. The SMILES string of the molecule is CC(C)=CCc1c(OCCCCN2CCCN(C)CCNCCCN(C)CC2)ccc(C(=O)/C=C/c2ccc(OCCCCN3CCCN(C)CCNCCCN(C)CC3)cc2)c1O. The van der Waals surface area contributed by atoms with E-state index in [2.05, 4.69) is 74.3 Å². The molecule has 0 saturated carbocycles. The third-order valence-corrected chi connectivity index (χ3v) is 12.5. The van der Waals surface area contributed by atoms with Crippen molar-refractivity contribution in [3.63, 3.8) is 0 Å². The monoisotopic (exact) mass is 889 g/mol. The number of ketones is 1. The first-order valence-corrected chi connectivity index (χ1v) is 24.7. The number of nitrogens with one attached hydrogen (secondary N) is 2. The van der Waals surface area contributed by atoms with Crippen LogP contribution in [0.3, 0.4) is 0 Å². The molecule has 2 aromatic carbocycles. The Balaban J connectivity index is 1.23. The largest absolute Gasteiger partial charge is 0.507 e. The molecule has 0 spiro atoms. The Kier molecular flexibility index (Phi) is 26.3. The number of ether oxygens (including phenoxy) is 2. The standard InChI is InChI=1S/C52H88N8O4/c1-45(2)15-21-49-51(64-44-10-8-34-60-36-14-32-56(4)38-28-54-26-12-30-58(6)40-42-60)24-22-48(52(49)62)50(61)23-18-46-16-19-47(20-17-46)63-43-9-7-33-59-35-13-31-55(3)37-27-53-25-11-29-57(5)39-41-59/h15-20,22-24,53-54,62H,7-14,21,25-44H2,1-6H3/b23-18+. The first-order chi connectivity index (χ1) is 31.1. The van der Waals surface area contributed by atoms with Gasteiger partial charge in [-0.2, -0.15) is 0 Å². The van der Waals surface area contributed by atoms with Gasteiger partial charge in [-0.3, -0.25) is 4.79 Å². The number of nitrogens with zero attached hydrogens (tertiary/aromatic N) is 6. The number of hydrogen-bond acceptors (Lipinski definition) is 12. The van der Waals surface area contributed by atoms with E-state index in [0.717, 1.165) is 160 Å². The Morgan fingerprint density at radius 3 is 1.70 bits per heavy atom. The molecule has 2 aromatic rings. The molecule has 64 heavy (non-hydrogen) atoms. The van der Waals surface area contributed by atoms with E-state index in [4.69, 9.17) is 9.47 Å². The van der Waals surface area contributed by atoms with E-state index < -0.39 is 0 Å². The van der Waals surface area contributed by atoms with Crippen molar-refractivity contribution >= 4 is 11.9 Å². The minimum Gasteiger partial charge on any atom is -0.507 e. The Labute approximate surface area is 389 Å². The molecule has 3 N–H and O–H groups in total. The minimum absolute atomic E-state index is 0.00394. The summed E-state index contributed by atoms with van der Waals surface area (Å²) in [5.74, 6) is 1.22. The zero-order valence-electron chi connectivity index (χ0n) is 41.1. The highest BCUT2D eigenvalue weighted by Gasteiger charge is 2.18. The first kappa shape index (κ1) is 53.3. The number of rotatable bonds is 17. The maximum absolute atomic E-state index is 13.5. The molecule has 0 radical (unpaired) electrons. The molecule has 2 aliphatic rings. The van der Waals surface area contributed by atoms with E-state index in [9.17, 15) is 9.90 Å². The van der Waals surface area contributed by atoms with Gasteiger partial charge < -0.3 is 54.6 Å². The smallest absolute Gasteiger partial charge is 0.189 e. The zero-order chi connectivity index (χ0) is 45.8. The second kappa shape index (κ2) is 31.6. The van der Waals surface area contributed by atoms with E-state index in [1.807, 2.05) is 44.2 Å². The van der Waals surface area contributed by atoms with E-state index in [-0.39, 0.29) is 17.1 Å². The maximum Gasteiger partial charge on any atom is 0.189 e. The Hall–Kier alpha value is -3.33. The molecule has 0 aromatic heterocycles. The molecule has 4 rings (SSSR count). The van der Waals surface area contributed by atoms with Crippen LogP contribution >= 0.6 is 0 Å². The van der Waals surface area contributed by atoms with Crippen LogP contribution in [0.15, 0.2) is 54.1 Å². The molecule has 12 nitrogen and oxygen atoms in total. The van der Waals surface area contributed by atoms with Crippen molar-refractivity contribution in [2.75, 3.05) is 159 Å². The molecule has 2 heterocycles. The molecule has 0 aliphatic carbocycles. The molecule has 0 amide bonds. The van der Waals surface area contributed by atoms with Crippen LogP contribution in [-0.4, -0.2) is 199 Å². The lowest BCUT2D eigenvalue weighted by molar-refractivity contribution is 0.104. The Bertz CT molecular complexity index is 1630. The summed E-state index contributed by atoms with van der Waals surface area (Å²) in [4.78, 5) is 28.5. The molecular formula is C52H88N8O4. The van der Waals surface area contributed by atoms with Crippen LogP contribution in [0, 0.1) is 0 Å². The highest BCUT2D eigenvalue weighted by atomic mass is 16.5. The number of phenolic OH excluding ortho intramolecular Hbond substituents is 1. The van der Waals surface area contributed by atoms with Crippen molar-refractivity contribution in [3.05, 3.63) is 70.8 Å². The number of benzene rings is 2. The number of aromatic hydroxyl groups is 1. The van der Waals surface area contributed by atoms with Gasteiger partial charge in [0.2, 0.25) is 0 Å². The van der Waals surface area contributed by atoms with Crippen LogP contribution in [-0.2, 0) is 6.42 Å². The molecule has 0 unspecified atom stereocenters. The quantitative estimate of drug-likeness (QED) is 0.0730. The maximum atomic E-state index is 13.5. The summed E-state index contributed by atoms with van der Waals surface area (Å²) in [6.45, 7) is 25.0. The molecule has 360 valence electrons. The van der Waals surface area contributed by atoms with Crippen LogP contribution in [0.4, 0.5) is 0 Å². The van der Waals surface area contributed by atoms with E-state index in [1.165, 1.54) is 31.8 Å². The molecule has 2 fully saturated rings. The highest BCUT2D eigenvalue weighted by Crippen LogP contribution is 2.33. The summed E-state index contributed by atoms with van der Waals surface area (Å²) < 4.78 is 12.4. The summed E-state index contributed by atoms with van der Waals surface area (Å²) in [6.07, 6.45) is 14.7. The van der Waals surface area contributed by atoms with Gasteiger partial charge in [-0.1, -0.05) is 29.9 Å². The topological polar surface area (TPSA) is 99.3 Å². The molecule has 2 aliphatic heterocycles. The second-order valence-electron chi connectivity index (χ2n) is 18.6. The average molecular weight is 889 g/mol. The average Bonchev–Trinajstić information content (AvgIpc) is 3.27. The first-order valence-electron chi connectivity index (χ1n) is 24.7. The van der Waals surface area contributed by atoms with Crippen LogP contribution in [0.5, 0.6) is 17.2 Å². The minimum atomic E-state index is -0.243. The molecule has 0 atom stereocenters. The van der Waals surface area contributed by atoms with Crippen molar-refractivity contribution in [1.29, 1.82) is 0 Å². The highest BCUT2D eigenvalue weighted by molar-refractivity contribution is 6.09. The predicted molar refractivity (Wildman–Crippen MR) is 268 cm³/mol. The number of phenols is 1. The van der Waals surface area contributed by atoms with Crippen molar-refractivity contribution < 1.29 is 19.4 Å². The van der Waals surface area contributed by atoms with Gasteiger partial charge >= 0.3 is 0 Å². The lowest BCUT2D eigenvalue weighted by atomic mass is 10.00. The number of hydrogen-bond donors (Lipinski definition) is 3. The van der Waals surface area contributed by atoms with E-state index in [0.29, 0.717) is 30.9 Å². The third-order valence-electron chi connectivity index (χ3n) is 12.5. The lowest BCUT2D eigenvalue weighted by Crippen LogP contribution is -2.38. The summed E-state index contributed by atoms with van der Waals surface area (Å²) in [6, 6.07) is 11.4. The zero-order valence-corrected chi connectivity index (χ0v) is 41.1. The number of allylic oxidation sites excluding steroid dienone is 3. The van der Waals surface area contributed by atoms with Crippen LogP contribution in [0.1, 0.15) is 86.7 Å². The van der Waals surface area contributed by atoms with Gasteiger partial charge in [0.1, 0.15) is 17.2 Å². The lowest BCUT2D eigenvalue weighted by Gasteiger charge is -2.27. The van der Waals surface area contributed by atoms with Crippen molar-refractivity contribution in [1.82, 2.24) is 40.0 Å². The van der Waals surface area contributed by atoms with Gasteiger partial charge in [-0.25, -0.2) is 0 Å². The fourth-order valence-corrected chi connectivity index (χ4v) is 8.25. The van der Waals surface area contributed by atoms with Crippen LogP contribution < -0.4 is 20.1 Å². The Morgan fingerprint density at radius 1 is 0.609 bits per heavy atom. The van der Waals surface area contributed by atoms with Crippen molar-refractivity contribution in [2.24, 2.45) is 0 Å². The van der Waals surface area contributed by atoms with Crippen LogP contribution in [0.2, 0.25) is 0 Å². The Morgan fingerprint density at radius 2 is 1.14 bits per heavy atom. The second-order valence-corrected chi connectivity index (χ2v) is 18.6. The van der Waals surface area contributed by atoms with Gasteiger partial charge in [0.05, 0.1) is 18.8 Å². The number of unbranched alkanes of at least 4 members (excludes halogenated alkanes) is 2. The third kappa shape index (κ3) is 22.2. The number of likely N-dealkylation sites (N-methyl/N-ethyl adjacent to an activating group) is 4. The van der Waals surface area contributed by atoms with Crippen LogP contribution in [0.25, 0.3) is 6.08 Å². The van der Waals surface area contributed by atoms with Crippen molar-refractivity contribution in [2.45, 2.75) is 71.6 Å². The fourth-order valence-electron chi connectivity index (χ4n) is 8.25. The molecule has 12 heteroatoms. The number of carbonyl (C=O) groups excluding carboxylic acids is 1. The normalized spacial score (nSPS) is 19.2. The molecule has 2 saturated heterocycles. The summed E-state index contributed by atoms with van der Waals surface area (Å²) in [5, 5.41) is 18.6. The van der Waals surface area contributed by atoms with Gasteiger partial charge in [-0.15, -0.1) is 0 Å². The van der Waals surface area contributed by atoms with Gasteiger partial charge in [0, 0.05) is 57.9 Å².